The Bertz CT molecular complexity index is 714. The number of benzene rings is 1. The van der Waals surface area contributed by atoms with Crippen LogP contribution in [0.15, 0.2) is 23.6 Å². The van der Waals surface area contributed by atoms with Crippen LogP contribution in [0.4, 0.5) is 0 Å². The number of methoxy groups -OCH3 is 2. The first-order valence-corrected chi connectivity index (χ1v) is 8.47. The first-order valence-electron chi connectivity index (χ1n) is 7.59. The summed E-state index contributed by atoms with van der Waals surface area (Å²) in [5.41, 5.74) is 1.52. The van der Waals surface area contributed by atoms with E-state index in [4.69, 9.17) is 9.47 Å². The van der Waals surface area contributed by atoms with E-state index in [-0.39, 0.29) is 11.9 Å². The number of carbonyl (C=O) groups is 1. The SMILES string of the molecule is COc1ccc(OC)c([C@@H]2CCCN2C(=O)c2csc(C)n2)c1. The van der Waals surface area contributed by atoms with E-state index in [0.29, 0.717) is 5.69 Å². The Hall–Kier alpha value is -2.08. The monoisotopic (exact) mass is 332 g/mol. The van der Waals surface area contributed by atoms with Crippen LogP contribution in [-0.4, -0.2) is 36.6 Å². The molecule has 3 rings (SSSR count). The van der Waals surface area contributed by atoms with E-state index < -0.39 is 0 Å². The van der Waals surface area contributed by atoms with Gasteiger partial charge in [-0.25, -0.2) is 4.98 Å². The molecule has 1 atom stereocenters. The van der Waals surface area contributed by atoms with E-state index in [9.17, 15) is 4.79 Å². The van der Waals surface area contributed by atoms with Crippen LogP contribution in [0.25, 0.3) is 0 Å². The first-order chi connectivity index (χ1) is 11.1. The van der Waals surface area contributed by atoms with Crippen molar-refractivity contribution < 1.29 is 14.3 Å². The Balaban J connectivity index is 1.94. The van der Waals surface area contributed by atoms with Gasteiger partial charge in [0.25, 0.3) is 5.91 Å². The summed E-state index contributed by atoms with van der Waals surface area (Å²) in [6.45, 7) is 2.65. The molecule has 2 aromatic rings. The lowest BCUT2D eigenvalue weighted by molar-refractivity contribution is 0.0728. The van der Waals surface area contributed by atoms with Crippen LogP contribution in [0.5, 0.6) is 11.5 Å². The van der Waals surface area contributed by atoms with Gasteiger partial charge in [0, 0.05) is 17.5 Å². The number of rotatable bonds is 4. The molecule has 1 aliphatic heterocycles. The third kappa shape index (κ3) is 3.03. The lowest BCUT2D eigenvalue weighted by atomic mass is 10.0. The molecule has 2 heterocycles. The Morgan fingerprint density at radius 3 is 2.83 bits per heavy atom. The Morgan fingerprint density at radius 1 is 1.35 bits per heavy atom. The van der Waals surface area contributed by atoms with Gasteiger partial charge in [-0.3, -0.25) is 4.79 Å². The Labute approximate surface area is 139 Å². The van der Waals surface area contributed by atoms with Gasteiger partial charge in [0.1, 0.15) is 17.2 Å². The third-order valence-corrected chi connectivity index (χ3v) is 4.92. The number of aryl methyl sites for hydroxylation is 1. The molecule has 0 N–H and O–H groups in total. The maximum atomic E-state index is 12.8. The highest BCUT2D eigenvalue weighted by Gasteiger charge is 2.33. The van der Waals surface area contributed by atoms with Gasteiger partial charge in [-0.15, -0.1) is 11.3 Å². The summed E-state index contributed by atoms with van der Waals surface area (Å²) in [6.07, 6.45) is 1.89. The minimum absolute atomic E-state index is 0.00504. The standard InChI is InChI=1S/C17H20N2O3S/c1-11-18-14(10-23-11)17(20)19-8-4-5-15(19)13-9-12(21-2)6-7-16(13)22-3/h6-7,9-10,15H,4-5,8H2,1-3H3/t15-/m0/s1. The number of amides is 1. The number of thiazole rings is 1. The molecule has 1 amide bonds. The molecule has 0 bridgehead atoms. The molecule has 0 radical (unpaired) electrons. The van der Waals surface area contributed by atoms with Crippen LogP contribution in [0.2, 0.25) is 0 Å². The Kier molecular flexibility index (Phi) is 4.52. The number of nitrogens with zero attached hydrogens (tertiary/aromatic N) is 2. The van der Waals surface area contributed by atoms with E-state index >= 15 is 0 Å². The van der Waals surface area contributed by atoms with Gasteiger partial charge in [-0.1, -0.05) is 0 Å². The molecule has 0 unspecified atom stereocenters. The maximum Gasteiger partial charge on any atom is 0.273 e. The lowest BCUT2D eigenvalue weighted by Gasteiger charge is -2.26. The van der Waals surface area contributed by atoms with Crippen molar-refractivity contribution in [3.05, 3.63) is 39.8 Å². The van der Waals surface area contributed by atoms with E-state index in [1.165, 1.54) is 11.3 Å². The van der Waals surface area contributed by atoms with Crippen molar-refractivity contribution in [2.24, 2.45) is 0 Å². The molecule has 23 heavy (non-hydrogen) atoms. The van der Waals surface area contributed by atoms with E-state index in [2.05, 4.69) is 4.98 Å². The van der Waals surface area contributed by atoms with Crippen LogP contribution in [0, 0.1) is 6.92 Å². The summed E-state index contributed by atoms with van der Waals surface area (Å²) in [7, 11) is 3.29. The Morgan fingerprint density at radius 2 is 2.17 bits per heavy atom. The predicted molar refractivity (Wildman–Crippen MR) is 89.4 cm³/mol. The van der Waals surface area contributed by atoms with Gasteiger partial charge in [0.15, 0.2) is 0 Å². The number of ether oxygens (including phenoxy) is 2. The molecule has 6 heteroatoms. The van der Waals surface area contributed by atoms with E-state index in [1.54, 1.807) is 14.2 Å². The number of hydrogen-bond acceptors (Lipinski definition) is 5. The summed E-state index contributed by atoms with van der Waals surface area (Å²) in [6, 6.07) is 5.71. The van der Waals surface area contributed by atoms with Crippen LogP contribution in [0.1, 0.15) is 39.9 Å². The molecule has 1 fully saturated rings. The highest BCUT2D eigenvalue weighted by Crippen LogP contribution is 2.39. The second-order valence-electron chi connectivity index (χ2n) is 5.52. The smallest absolute Gasteiger partial charge is 0.273 e. The zero-order valence-corrected chi connectivity index (χ0v) is 14.4. The average Bonchev–Trinajstić information content (AvgIpc) is 3.22. The van der Waals surface area contributed by atoms with Gasteiger partial charge >= 0.3 is 0 Å². The second kappa shape index (κ2) is 6.58. The van der Waals surface area contributed by atoms with Gasteiger partial charge < -0.3 is 14.4 Å². The zero-order chi connectivity index (χ0) is 16.4. The van der Waals surface area contributed by atoms with Crippen molar-refractivity contribution in [2.45, 2.75) is 25.8 Å². The van der Waals surface area contributed by atoms with Crippen LogP contribution >= 0.6 is 11.3 Å². The van der Waals surface area contributed by atoms with E-state index in [1.807, 2.05) is 35.4 Å². The quantitative estimate of drug-likeness (QED) is 0.860. The average molecular weight is 332 g/mol. The van der Waals surface area contributed by atoms with Gasteiger partial charge in [0.2, 0.25) is 0 Å². The zero-order valence-electron chi connectivity index (χ0n) is 13.5. The summed E-state index contributed by atoms with van der Waals surface area (Å²) in [5.74, 6) is 1.54. The molecule has 0 spiro atoms. The molecular formula is C17H20N2O3S. The fourth-order valence-electron chi connectivity index (χ4n) is 3.04. The van der Waals surface area contributed by atoms with Crippen LogP contribution in [-0.2, 0) is 0 Å². The molecule has 1 aromatic carbocycles. The molecule has 0 saturated carbocycles. The molecule has 122 valence electrons. The fraction of sp³-hybridized carbons (Fsp3) is 0.412. The number of likely N-dealkylation sites (tertiary alicyclic amines) is 1. The number of aromatic nitrogens is 1. The van der Waals surface area contributed by atoms with Gasteiger partial charge in [-0.05, 0) is 38.0 Å². The van der Waals surface area contributed by atoms with Crippen molar-refractivity contribution in [1.82, 2.24) is 9.88 Å². The summed E-state index contributed by atoms with van der Waals surface area (Å²) in [4.78, 5) is 19.0. The fourth-order valence-corrected chi connectivity index (χ4v) is 3.63. The van der Waals surface area contributed by atoms with Crippen LogP contribution in [0.3, 0.4) is 0 Å². The van der Waals surface area contributed by atoms with Crippen molar-refractivity contribution in [3.63, 3.8) is 0 Å². The molecule has 5 nitrogen and oxygen atoms in total. The number of hydrogen-bond donors (Lipinski definition) is 0. The molecule has 1 aromatic heterocycles. The molecule has 1 aliphatic rings. The minimum Gasteiger partial charge on any atom is -0.497 e. The normalized spacial score (nSPS) is 17.3. The van der Waals surface area contributed by atoms with Gasteiger partial charge in [-0.2, -0.15) is 0 Å². The first kappa shape index (κ1) is 15.8. The van der Waals surface area contributed by atoms with Crippen molar-refractivity contribution in [3.8, 4) is 11.5 Å². The summed E-state index contributed by atoms with van der Waals surface area (Å²) in [5, 5.41) is 2.73. The summed E-state index contributed by atoms with van der Waals surface area (Å²) >= 11 is 1.50. The predicted octanol–water partition coefficient (Wildman–Crippen LogP) is 3.45. The molecule has 0 aliphatic carbocycles. The highest BCUT2D eigenvalue weighted by atomic mass is 32.1. The van der Waals surface area contributed by atoms with Crippen molar-refractivity contribution in [2.75, 3.05) is 20.8 Å². The lowest BCUT2D eigenvalue weighted by Crippen LogP contribution is -2.31. The van der Waals surface area contributed by atoms with Crippen molar-refractivity contribution >= 4 is 17.2 Å². The summed E-state index contributed by atoms with van der Waals surface area (Å²) < 4.78 is 10.8. The van der Waals surface area contributed by atoms with Gasteiger partial charge in [0.05, 0.1) is 25.3 Å². The highest BCUT2D eigenvalue weighted by molar-refractivity contribution is 7.09. The van der Waals surface area contributed by atoms with E-state index in [0.717, 1.165) is 41.5 Å². The van der Waals surface area contributed by atoms with Crippen molar-refractivity contribution in [1.29, 1.82) is 0 Å². The number of carbonyl (C=O) groups excluding carboxylic acids is 1. The largest absolute Gasteiger partial charge is 0.497 e. The topological polar surface area (TPSA) is 51.7 Å². The third-order valence-electron chi connectivity index (χ3n) is 4.15. The minimum atomic E-state index is -0.0123. The molecular weight excluding hydrogens is 312 g/mol. The second-order valence-corrected chi connectivity index (χ2v) is 6.58. The molecule has 1 saturated heterocycles. The maximum absolute atomic E-state index is 12.8. The van der Waals surface area contributed by atoms with Crippen LogP contribution < -0.4 is 9.47 Å².